The fourth-order valence-electron chi connectivity index (χ4n) is 4.73. The number of pyridine rings is 1. The molecule has 0 radical (unpaired) electrons. The third kappa shape index (κ3) is 3.31. The van der Waals surface area contributed by atoms with Gasteiger partial charge in [-0.05, 0) is 62.1 Å². The van der Waals surface area contributed by atoms with Gasteiger partial charge in [-0.2, -0.15) is 0 Å². The van der Waals surface area contributed by atoms with E-state index in [-0.39, 0.29) is 5.91 Å². The van der Waals surface area contributed by atoms with E-state index in [1.165, 1.54) is 6.42 Å². The highest BCUT2D eigenvalue weighted by Gasteiger charge is 2.36. The topological polar surface area (TPSA) is 49.6 Å². The third-order valence-electron chi connectivity index (χ3n) is 6.09. The number of amides is 1. The van der Waals surface area contributed by atoms with Crippen molar-refractivity contribution >= 4 is 16.9 Å². The van der Waals surface area contributed by atoms with Crippen molar-refractivity contribution in [1.29, 1.82) is 0 Å². The molecule has 3 aliphatic heterocycles. The van der Waals surface area contributed by atoms with Gasteiger partial charge >= 0.3 is 0 Å². The van der Waals surface area contributed by atoms with Crippen molar-refractivity contribution < 1.29 is 9.21 Å². The van der Waals surface area contributed by atoms with E-state index in [0.717, 1.165) is 60.6 Å². The molecule has 2 atom stereocenters. The summed E-state index contributed by atoms with van der Waals surface area (Å²) in [6, 6.07) is 14.3. The summed E-state index contributed by atoms with van der Waals surface area (Å²) in [7, 11) is 0. The Bertz CT molecular complexity index is 998. The van der Waals surface area contributed by atoms with Gasteiger partial charge in [0, 0.05) is 49.4 Å². The Balaban J connectivity index is 1.35. The maximum Gasteiger partial charge on any atom is 0.253 e. The molecule has 3 aromatic rings. The van der Waals surface area contributed by atoms with E-state index in [1.54, 1.807) is 0 Å². The zero-order valence-electron chi connectivity index (χ0n) is 16.2. The lowest BCUT2D eigenvalue weighted by Crippen LogP contribution is -2.44. The molecule has 2 bridgehead atoms. The van der Waals surface area contributed by atoms with Crippen molar-refractivity contribution in [3.63, 3.8) is 0 Å². The normalized spacial score (nSPS) is 22.5. The summed E-state index contributed by atoms with van der Waals surface area (Å²) in [6.45, 7) is 5.49. The number of carbonyl (C=O) groups is 1. The van der Waals surface area contributed by atoms with Crippen LogP contribution in [0.3, 0.4) is 0 Å². The number of rotatable bonds is 3. The molecular weight excluding hydrogens is 350 g/mol. The lowest BCUT2D eigenvalue weighted by atomic mass is 9.95. The van der Waals surface area contributed by atoms with Crippen LogP contribution in [0.1, 0.15) is 34.7 Å². The van der Waals surface area contributed by atoms with Crippen LogP contribution in [-0.4, -0.2) is 46.4 Å². The summed E-state index contributed by atoms with van der Waals surface area (Å²) < 4.78 is 5.65. The molecule has 144 valence electrons. The van der Waals surface area contributed by atoms with E-state index >= 15 is 0 Å². The van der Waals surface area contributed by atoms with Crippen LogP contribution in [0, 0.1) is 12.8 Å². The van der Waals surface area contributed by atoms with Crippen LogP contribution in [0.15, 0.2) is 53.1 Å². The van der Waals surface area contributed by atoms with E-state index in [0.29, 0.717) is 12.0 Å². The van der Waals surface area contributed by atoms with Gasteiger partial charge in [-0.1, -0.05) is 6.07 Å². The largest absolute Gasteiger partial charge is 0.461 e. The minimum absolute atomic E-state index is 0.136. The van der Waals surface area contributed by atoms with Gasteiger partial charge in [-0.15, -0.1) is 0 Å². The highest BCUT2D eigenvalue weighted by atomic mass is 16.3. The van der Waals surface area contributed by atoms with Crippen molar-refractivity contribution in [2.45, 2.75) is 32.4 Å². The monoisotopic (exact) mass is 375 g/mol. The fourth-order valence-corrected chi connectivity index (χ4v) is 4.73. The summed E-state index contributed by atoms with van der Waals surface area (Å²) in [4.78, 5) is 22.3. The number of fused-ring (bicyclic) bond motifs is 5. The zero-order valence-corrected chi connectivity index (χ0v) is 16.2. The summed E-state index contributed by atoms with van der Waals surface area (Å²) in [5.74, 6) is 1.54. The van der Waals surface area contributed by atoms with Crippen LogP contribution in [0.4, 0.5) is 0 Å². The summed E-state index contributed by atoms with van der Waals surface area (Å²) in [5.41, 5.74) is 2.70. The zero-order chi connectivity index (χ0) is 19.1. The first-order valence-corrected chi connectivity index (χ1v) is 10.1. The summed E-state index contributed by atoms with van der Waals surface area (Å²) in [6.07, 6.45) is 4.21. The molecule has 0 N–H and O–H groups in total. The first kappa shape index (κ1) is 17.4. The van der Waals surface area contributed by atoms with Gasteiger partial charge in [0.25, 0.3) is 5.91 Å². The Hall–Kier alpha value is -2.66. The summed E-state index contributed by atoms with van der Waals surface area (Å²) >= 11 is 0. The number of furan rings is 1. The van der Waals surface area contributed by atoms with Gasteiger partial charge in [0.05, 0.1) is 5.69 Å². The number of carbonyl (C=O) groups excluding carboxylic acids is 1. The molecule has 3 fully saturated rings. The number of hydrogen-bond donors (Lipinski definition) is 0. The second kappa shape index (κ2) is 7.06. The third-order valence-corrected chi connectivity index (χ3v) is 6.09. The van der Waals surface area contributed by atoms with E-state index in [9.17, 15) is 4.79 Å². The lowest BCUT2D eigenvalue weighted by molar-refractivity contribution is 0.0735. The molecule has 5 heteroatoms. The van der Waals surface area contributed by atoms with Gasteiger partial charge in [0.2, 0.25) is 0 Å². The van der Waals surface area contributed by atoms with Crippen LogP contribution < -0.4 is 0 Å². The summed E-state index contributed by atoms with van der Waals surface area (Å²) in [5, 5.41) is 0.998. The van der Waals surface area contributed by atoms with E-state index in [1.807, 2.05) is 49.5 Å². The van der Waals surface area contributed by atoms with Crippen LogP contribution in [0.5, 0.6) is 0 Å². The molecule has 0 spiro atoms. The highest BCUT2D eigenvalue weighted by Crippen LogP contribution is 2.30. The molecule has 2 aromatic heterocycles. The van der Waals surface area contributed by atoms with Crippen LogP contribution in [0.2, 0.25) is 0 Å². The maximum absolute atomic E-state index is 13.3. The van der Waals surface area contributed by atoms with Gasteiger partial charge in [0.15, 0.2) is 0 Å². The fraction of sp³-hybridized carbons (Fsp3) is 0.391. The predicted octanol–water partition coefficient (Wildman–Crippen LogP) is 3.87. The Morgan fingerprint density at radius 2 is 2.07 bits per heavy atom. The second-order valence-corrected chi connectivity index (χ2v) is 8.17. The van der Waals surface area contributed by atoms with Crippen molar-refractivity contribution in [2.24, 2.45) is 5.92 Å². The first-order chi connectivity index (χ1) is 13.7. The van der Waals surface area contributed by atoms with Crippen molar-refractivity contribution in [3.8, 4) is 0 Å². The van der Waals surface area contributed by atoms with Crippen molar-refractivity contribution in [2.75, 3.05) is 19.6 Å². The average Bonchev–Trinajstić information content (AvgIpc) is 2.86. The molecule has 28 heavy (non-hydrogen) atoms. The molecule has 0 unspecified atom stereocenters. The minimum Gasteiger partial charge on any atom is -0.461 e. The molecule has 1 amide bonds. The van der Waals surface area contributed by atoms with Crippen LogP contribution >= 0.6 is 0 Å². The van der Waals surface area contributed by atoms with Crippen LogP contribution in [0.25, 0.3) is 11.0 Å². The van der Waals surface area contributed by atoms with E-state index in [2.05, 4.69) is 20.9 Å². The number of benzene rings is 1. The molecule has 3 saturated heterocycles. The van der Waals surface area contributed by atoms with Gasteiger partial charge in [-0.25, -0.2) is 0 Å². The molecule has 5 heterocycles. The molecular formula is C23H25N3O2. The lowest BCUT2D eigenvalue weighted by Gasteiger charge is -2.35. The van der Waals surface area contributed by atoms with Gasteiger partial charge < -0.3 is 9.32 Å². The number of piperidine rings is 1. The minimum atomic E-state index is 0.136. The predicted molar refractivity (Wildman–Crippen MR) is 108 cm³/mol. The average molecular weight is 375 g/mol. The molecule has 5 nitrogen and oxygen atoms in total. The smallest absolute Gasteiger partial charge is 0.253 e. The molecule has 0 aliphatic carbocycles. The van der Waals surface area contributed by atoms with Crippen LogP contribution in [-0.2, 0) is 6.54 Å². The SMILES string of the molecule is Cc1cc2cc(C(=O)N3C[C@H]4CC[C@@H](C3)N(Cc3ccccn3)C4)ccc2o1. The number of hydrogen-bond acceptors (Lipinski definition) is 4. The molecule has 1 aromatic carbocycles. The van der Waals surface area contributed by atoms with Gasteiger partial charge in [0.1, 0.15) is 11.3 Å². The first-order valence-electron chi connectivity index (χ1n) is 10.1. The quantitative estimate of drug-likeness (QED) is 0.697. The van der Waals surface area contributed by atoms with E-state index in [4.69, 9.17) is 4.42 Å². The standard InChI is InChI=1S/C23H25N3O2/c1-16-10-19-11-18(6-8-22(19)28-16)23(27)26-13-17-5-7-21(15-26)25(12-17)14-20-4-2-3-9-24-20/h2-4,6,8-11,17,21H,5,7,12-15H2,1H3/t17-,21-/m0/s1. The Morgan fingerprint density at radius 1 is 1.14 bits per heavy atom. The van der Waals surface area contributed by atoms with Crippen molar-refractivity contribution in [1.82, 2.24) is 14.8 Å². The number of aryl methyl sites for hydroxylation is 1. The van der Waals surface area contributed by atoms with E-state index < -0.39 is 0 Å². The Kier molecular flexibility index (Phi) is 4.40. The number of nitrogens with zero attached hydrogens (tertiary/aromatic N) is 3. The molecule has 6 rings (SSSR count). The Labute approximate surface area is 165 Å². The van der Waals surface area contributed by atoms with Gasteiger partial charge in [-0.3, -0.25) is 14.7 Å². The number of aromatic nitrogens is 1. The Morgan fingerprint density at radius 3 is 2.93 bits per heavy atom. The highest BCUT2D eigenvalue weighted by molar-refractivity contribution is 5.98. The van der Waals surface area contributed by atoms with Crippen molar-refractivity contribution in [3.05, 3.63) is 65.7 Å². The maximum atomic E-state index is 13.3. The molecule has 0 saturated carbocycles. The molecule has 3 aliphatic rings. The second-order valence-electron chi connectivity index (χ2n) is 8.17.